The Kier molecular flexibility index (Phi) is 19.0. The molecule has 0 saturated carbocycles. The van der Waals surface area contributed by atoms with Gasteiger partial charge in [-0.2, -0.15) is 0 Å². The molecule has 1 heteroatoms. The van der Waals surface area contributed by atoms with E-state index < -0.39 is 0 Å². The van der Waals surface area contributed by atoms with Gasteiger partial charge in [0, 0.05) is 6.61 Å². The second kappa shape index (κ2) is 19.0. The van der Waals surface area contributed by atoms with Gasteiger partial charge in [0.2, 0.25) is 0 Å². The zero-order valence-electron chi connectivity index (χ0n) is 15.8. The van der Waals surface area contributed by atoms with Crippen LogP contribution in [-0.2, 0) is 0 Å². The highest BCUT2D eigenvalue weighted by Gasteiger charge is 1.98. The quantitative estimate of drug-likeness (QED) is 0.264. The summed E-state index contributed by atoms with van der Waals surface area (Å²) in [5, 5.41) is 8.70. The first-order chi connectivity index (χ1) is 10.8. The van der Waals surface area contributed by atoms with Crippen LogP contribution in [0.5, 0.6) is 0 Å². The summed E-state index contributed by atoms with van der Waals surface area (Å²) < 4.78 is 0. The zero-order chi connectivity index (χ0) is 16.3. The molecular weight excluding hydrogens is 268 g/mol. The largest absolute Gasteiger partial charge is 0.396 e. The second-order valence-corrected chi connectivity index (χ2v) is 7.33. The molecule has 1 atom stereocenters. The van der Waals surface area contributed by atoms with Crippen LogP contribution in [0.3, 0.4) is 0 Å². The van der Waals surface area contributed by atoms with Crippen LogP contribution in [0.15, 0.2) is 0 Å². The Morgan fingerprint density at radius 2 is 0.864 bits per heavy atom. The number of aliphatic hydroxyl groups excluding tert-OH is 1. The van der Waals surface area contributed by atoms with Gasteiger partial charge < -0.3 is 5.11 Å². The zero-order valence-corrected chi connectivity index (χ0v) is 15.8. The predicted molar refractivity (Wildman–Crippen MR) is 100 cm³/mol. The van der Waals surface area contributed by atoms with Crippen molar-refractivity contribution in [2.24, 2.45) is 5.92 Å². The Morgan fingerprint density at radius 3 is 1.18 bits per heavy atom. The standard InChI is InChI=1S/C21H44O/c1-3-21(2)19-17-15-13-11-9-7-5-4-6-8-10-12-14-16-18-20-22/h21-22H,3-20H2,1-2H3/t21-/m0/s1. The van der Waals surface area contributed by atoms with Crippen molar-refractivity contribution < 1.29 is 5.11 Å². The van der Waals surface area contributed by atoms with E-state index in [1.54, 1.807) is 0 Å². The summed E-state index contributed by atoms with van der Waals surface area (Å²) in [7, 11) is 0. The third-order valence-corrected chi connectivity index (χ3v) is 5.05. The van der Waals surface area contributed by atoms with Gasteiger partial charge in [-0.3, -0.25) is 0 Å². The van der Waals surface area contributed by atoms with Gasteiger partial charge in [0.1, 0.15) is 0 Å². The summed E-state index contributed by atoms with van der Waals surface area (Å²) in [4.78, 5) is 0. The normalized spacial score (nSPS) is 12.7. The first-order valence-electron chi connectivity index (χ1n) is 10.4. The molecule has 0 fully saturated rings. The topological polar surface area (TPSA) is 20.2 Å². The van der Waals surface area contributed by atoms with E-state index in [9.17, 15) is 0 Å². The van der Waals surface area contributed by atoms with Crippen LogP contribution in [0.4, 0.5) is 0 Å². The lowest BCUT2D eigenvalue weighted by Gasteiger charge is -2.07. The van der Waals surface area contributed by atoms with Crippen molar-refractivity contribution in [2.45, 2.75) is 123 Å². The highest BCUT2D eigenvalue weighted by atomic mass is 16.2. The van der Waals surface area contributed by atoms with E-state index in [1.165, 1.54) is 103 Å². The highest BCUT2D eigenvalue weighted by Crippen LogP contribution is 2.15. The SMILES string of the molecule is CC[C@H](C)CCCCCCCCCCCCCCCCCO. The van der Waals surface area contributed by atoms with E-state index in [4.69, 9.17) is 5.11 Å². The molecule has 0 aromatic rings. The van der Waals surface area contributed by atoms with Gasteiger partial charge in [-0.1, -0.05) is 117 Å². The highest BCUT2D eigenvalue weighted by molar-refractivity contribution is 4.52. The summed E-state index contributed by atoms with van der Waals surface area (Å²) in [6.45, 7) is 5.06. The van der Waals surface area contributed by atoms with Crippen LogP contribution in [0, 0.1) is 5.92 Å². The number of hydrogen-bond donors (Lipinski definition) is 1. The molecule has 0 aliphatic carbocycles. The van der Waals surface area contributed by atoms with Crippen molar-refractivity contribution >= 4 is 0 Å². The molecule has 0 radical (unpaired) electrons. The molecule has 0 aliphatic rings. The van der Waals surface area contributed by atoms with Crippen LogP contribution < -0.4 is 0 Å². The Labute approximate surface area is 141 Å². The number of unbranched alkanes of at least 4 members (excludes halogenated alkanes) is 14. The Balaban J connectivity index is 2.97. The molecule has 0 aromatic heterocycles. The summed E-state index contributed by atoms with van der Waals surface area (Å²) in [6, 6.07) is 0. The molecule has 0 aromatic carbocycles. The average molecular weight is 313 g/mol. The fourth-order valence-electron chi connectivity index (χ4n) is 3.11. The first-order valence-corrected chi connectivity index (χ1v) is 10.4. The van der Waals surface area contributed by atoms with Crippen molar-refractivity contribution in [1.82, 2.24) is 0 Å². The summed E-state index contributed by atoms with van der Waals surface area (Å²) >= 11 is 0. The summed E-state index contributed by atoms with van der Waals surface area (Å²) in [6.07, 6.45) is 23.6. The van der Waals surface area contributed by atoms with E-state index in [2.05, 4.69) is 13.8 Å². The van der Waals surface area contributed by atoms with E-state index in [0.29, 0.717) is 6.61 Å². The van der Waals surface area contributed by atoms with E-state index >= 15 is 0 Å². The molecule has 0 amide bonds. The minimum Gasteiger partial charge on any atom is -0.396 e. The molecule has 0 rings (SSSR count). The molecule has 22 heavy (non-hydrogen) atoms. The van der Waals surface area contributed by atoms with Gasteiger partial charge in [-0.05, 0) is 12.3 Å². The van der Waals surface area contributed by atoms with Gasteiger partial charge in [-0.25, -0.2) is 0 Å². The maximum absolute atomic E-state index is 8.70. The molecule has 0 heterocycles. The third-order valence-electron chi connectivity index (χ3n) is 5.05. The maximum Gasteiger partial charge on any atom is 0.0431 e. The molecule has 0 saturated heterocycles. The molecule has 0 spiro atoms. The number of hydrogen-bond acceptors (Lipinski definition) is 1. The Morgan fingerprint density at radius 1 is 0.545 bits per heavy atom. The van der Waals surface area contributed by atoms with Crippen LogP contribution >= 0.6 is 0 Å². The van der Waals surface area contributed by atoms with Crippen molar-refractivity contribution in [1.29, 1.82) is 0 Å². The minimum atomic E-state index is 0.373. The molecule has 1 N–H and O–H groups in total. The molecule has 0 aliphatic heterocycles. The predicted octanol–water partition coefficient (Wildman–Crippen LogP) is 7.27. The van der Waals surface area contributed by atoms with Crippen molar-refractivity contribution in [3.8, 4) is 0 Å². The second-order valence-electron chi connectivity index (χ2n) is 7.33. The molecular formula is C21H44O. The van der Waals surface area contributed by atoms with Crippen LogP contribution in [0.1, 0.15) is 123 Å². The first kappa shape index (κ1) is 22.0. The minimum absolute atomic E-state index is 0.373. The van der Waals surface area contributed by atoms with Crippen molar-refractivity contribution in [3.05, 3.63) is 0 Å². The number of rotatable bonds is 18. The number of aliphatic hydroxyl groups is 1. The van der Waals surface area contributed by atoms with Crippen molar-refractivity contribution in [3.63, 3.8) is 0 Å². The van der Waals surface area contributed by atoms with E-state index in [0.717, 1.165) is 12.3 Å². The molecule has 0 bridgehead atoms. The van der Waals surface area contributed by atoms with Crippen LogP contribution in [0.2, 0.25) is 0 Å². The average Bonchev–Trinajstić information content (AvgIpc) is 2.54. The van der Waals surface area contributed by atoms with Crippen LogP contribution in [-0.4, -0.2) is 11.7 Å². The Hall–Kier alpha value is -0.0400. The van der Waals surface area contributed by atoms with Gasteiger partial charge in [0.05, 0.1) is 0 Å². The molecule has 134 valence electrons. The van der Waals surface area contributed by atoms with Gasteiger partial charge in [-0.15, -0.1) is 0 Å². The van der Waals surface area contributed by atoms with Crippen molar-refractivity contribution in [2.75, 3.05) is 6.61 Å². The van der Waals surface area contributed by atoms with E-state index in [-0.39, 0.29) is 0 Å². The molecule has 1 nitrogen and oxygen atoms in total. The summed E-state index contributed by atoms with van der Waals surface area (Å²) in [5.74, 6) is 0.940. The fraction of sp³-hybridized carbons (Fsp3) is 1.00. The lowest BCUT2D eigenvalue weighted by Crippen LogP contribution is -1.91. The van der Waals surface area contributed by atoms with Gasteiger partial charge in [0.15, 0.2) is 0 Å². The molecule has 0 unspecified atom stereocenters. The lowest BCUT2D eigenvalue weighted by atomic mass is 9.99. The van der Waals surface area contributed by atoms with Gasteiger partial charge in [0.25, 0.3) is 0 Å². The lowest BCUT2D eigenvalue weighted by molar-refractivity contribution is 0.282. The van der Waals surface area contributed by atoms with Crippen LogP contribution in [0.25, 0.3) is 0 Å². The fourth-order valence-corrected chi connectivity index (χ4v) is 3.11. The maximum atomic E-state index is 8.70. The Bertz CT molecular complexity index is 190. The van der Waals surface area contributed by atoms with Gasteiger partial charge >= 0.3 is 0 Å². The summed E-state index contributed by atoms with van der Waals surface area (Å²) in [5.41, 5.74) is 0. The van der Waals surface area contributed by atoms with E-state index in [1.807, 2.05) is 0 Å². The smallest absolute Gasteiger partial charge is 0.0431 e. The monoisotopic (exact) mass is 312 g/mol. The third kappa shape index (κ3) is 18.0.